The number of hydrogen-bond acceptors (Lipinski definition) is 4. The van der Waals surface area contributed by atoms with Crippen molar-refractivity contribution in [2.24, 2.45) is 5.10 Å². The summed E-state index contributed by atoms with van der Waals surface area (Å²) in [5, 5.41) is 12.8. The molecule has 0 fully saturated rings. The zero-order chi connectivity index (χ0) is 11.1. The summed E-state index contributed by atoms with van der Waals surface area (Å²) in [6.07, 6.45) is 1.85. The predicted octanol–water partition coefficient (Wildman–Crippen LogP) is 1.16. The summed E-state index contributed by atoms with van der Waals surface area (Å²) in [4.78, 5) is 11.0. The van der Waals surface area contributed by atoms with E-state index in [9.17, 15) is 4.79 Å². The van der Waals surface area contributed by atoms with Gasteiger partial charge in [0.05, 0.1) is 6.21 Å². The second-order valence-corrected chi connectivity index (χ2v) is 3.31. The Morgan fingerprint density at radius 2 is 2.13 bits per heavy atom. The van der Waals surface area contributed by atoms with Gasteiger partial charge in [0.25, 0.3) is 0 Å². The van der Waals surface area contributed by atoms with Gasteiger partial charge >= 0.3 is 0 Å². The number of hydrogen-bond donors (Lipinski definition) is 3. The van der Waals surface area contributed by atoms with Crippen molar-refractivity contribution in [1.29, 1.82) is 0 Å². The number of nitrogens with zero attached hydrogens (tertiary/aromatic N) is 1. The van der Waals surface area contributed by atoms with E-state index in [0.717, 1.165) is 5.56 Å². The standard InChI is InChI=1S/C10H12N2O2S/c13-9-3-1-8(2-4-9)7-11-12-10(14)5-6-15/h1-4,7,13,15H,5-6H2,(H,12,14)/b11-7+. The number of rotatable bonds is 4. The number of carbonyl (C=O) groups is 1. The highest BCUT2D eigenvalue weighted by Gasteiger charge is 1.95. The fourth-order valence-electron chi connectivity index (χ4n) is 0.897. The first-order chi connectivity index (χ1) is 7.22. The van der Waals surface area contributed by atoms with E-state index in [1.165, 1.54) is 6.21 Å². The van der Waals surface area contributed by atoms with E-state index in [2.05, 4.69) is 23.2 Å². The molecule has 0 bridgehead atoms. The molecule has 0 saturated carbocycles. The molecule has 80 valence electrons. The van der Waals surface area contributed by atoms with Crippen LogP contribution in [0.3, 0.4) is 0 Å². The molecule has 0 atom stereocenters. The van der Waals surface area contributed by atoms with Crippen molar-refractivity contribution in [3.05, 3.63) is 29.8 Å². The van der Waals surface area contributed by atoms with Crippen LogP contribution in [0.4, 0.5) is 0 Å². The van der Waals surface area contributed by atoms with Crippen molar-refractivity contribution in [1.82, 2.24) is 5.43 Å². The number of aromatic hydroxyl groups is 1. The SMILES string of the molecule is O=C(CCS)N/N=C/c1ccc(O)cc1. The average molecular weight is 224 g/mol. The van der Waals surface area contributed by atoms with Crippen LogP contribution >= 0.6 is 12.6 Å². The second kappa shape index (κ2) is 6.08. The maximum atomic E-state index is 11.0. The largest absolute Gasteiger partial charge is 0.508 e. The van der Waals surface area contributed by atoms with Gasteiger partial charge < -0.3 is 5.11 Å². The highest BCUT2D eigenvalue weighted by Crippen LogP contribution is 2.07. The predicted molar refractivity (Wildman–Crippen MR) is 62.3 cm³/mol. The monoisotopic (exact) mass is 224 g/mol. The lowest BCUT2D eigenvalue weighted by molar-refractivity contribution is -0.120. The molecule has 0 aliphatic heterocycles. The molecule has 0 radical (unpaired) electrons. The van der Waals surface area contributed by atoms with Gasteiger partial charge in [0, 0.05) is 6.42 Å². The quantitative estimate of drug-likeness (QED) is 0.408. The second-order valence-electron chi connectivity index (χ2n) is 2.86. The Bertz CT molecular complexity index is 349. The van der Waals surface area contributed by atoms with Crippen molar-refractivity contribution in [3.8, 4) is 5.75 Å². The normalized spacial score (nSPS) is 10.5. The lowest BCUT2D eigenvalue weighted by Gasteiger charge is -1.96. The molecule has 0 heterocycles. The van der Waals surface area contributed by atoms with Crippen molar-refractivity contribution < 1.29 is 9.90 Å². The number of phenolic OH excluding ortho intramolecular Hbond substituents is 1. The maximum absolute atomic E-state index is 11.0. The highest BCUT2D eigenvalue weighted by molar-refractivity contribution is 7.80. The van der Waals surface area contributed by atoms with Crippen LogP contribution in [0.1, 0.15) is 12.0 Å². The minimum Gasteiger partial charge on any atom is -0.508 e. The molecule has 1 amide bonds. The van der Waals surface area contributed by atoms with Gasteiger partial charge in [-0.25, -0.2) is 5.43 Å². The molecule has 1 aromatic rings. The van der Waals surface area contributed by atoms with Crippen LogP contribution in [0.5, 0.6) is 5.75 Å². The third-order valence-corrected chi connectivity index (χ3v) is 1.86. The topological polar surface area (TPSA) is 61.7 Å². The third-order valence-electron chi connectivity index (χ3n) is 1.63. The summed E-state index contributed by atoms with van der Waals surface area (Å²) in [7, 11) is 0. The van der Waals surface area contributed by atoms with Crippen LogP contribution in [0, 0.1) is 0 Å². The van der Waals surface area contributed by atoms with E-state index < -0.39 is 0 Å². The Morgan fingerprint density at radius 1 is 1.47 bits per heavy atom. The minimum atomic E-state index is -0.167. The van der Waals surface area contributed by atoms with E-state index in [1.807, 2.05) is 0 Å². The summed E-state index contributed by atoms with van der Waals surface area (Å²) < 4.78 is 0. The number of hydrazone groups is 1. The van der Waals surface area contributed by atoms with E-state index in [0.29, 0.717) is 12.2 Å². The molecule has 5 heteroatoms. The van der Waals surface area contributed by atoms with Crippen LogP contribution in [0.2, 0.25) is 0 Å². The number of thiol groups is 1. The first-order valence-electron chi connectivity index (χ1n) is 4.44. The lowest BCUT2D eigenvalue weighted by Crippen LogP contribution is -2.17. The molecule has 0 unspecified atom stereocenters. The Kier molecular flexibility index (Phi) is 4.70. The van der Waals surface area contributed by atoms with E-state index in [-0.39, 0.29) is 11.7 Å². The smallest absolute Gasteiger partial charge is 0.240 e. The van der Waals surface area contributed by atoms with Gasteiger partial charge in [0.1, 0.15) is 5.75 Å². The van der Waals surface area contributed by atoms with E-state index in [4.69, 9.17) is 5.11 Å². The molecule has 15 heavy (non-hydrogen) atoms. The zero-order valence-electron chi connectivity index (χ0n) is 8.05. The van der Waals surface area contributed by atoms with Crippen LogP contribution in [-0.2, 0) is 4.79 Å². The Balaban J connectivity index is 2.44. The molecule has 2 N–H and O–H groups in total. The van der Waals surface area contributed by atoms with E-state index in [1.54, 1.807) is 24.3 Å². The fourth-order valence-corrected chi connectivity index (χ4v) is 1.10. The van der Waals surface area contributed by atoms with E-state index >= 15 is 0 Å². The molecular weight excluding hydrogens is 212 g/mol. The summed E-state index contributed by atoms with van der Waals surface area (Å²) in [5.41, 5.74) is 3.17. The summed E-state index contributed by atoms with van der Waals surface area (Å²) in [5.74, 6) is 0.534. The molecule has 4 nitrogen and oxygen atoms in total. The Morgan fingerprint density at radius 3 is 2.73 bits per heavy atom. The number of phenols is 1. The van der Waals surface area contributed by atoms with Crippen LogP contribution < -0.4 is 5.43 Å². The summed E-state index contributed by atoms with van der Waals surface area (Å²) in [6, 6.07) is 6.50. The number of amides is 1. The Hall–Kier alpha value is -1.49. The first kappa shape index (κ1) is 11.6. The van der Waals surface area contributed by atoms with Gasteiger partial charge in [-0.1, -0.05) is 0 Å². The molecule has 1 rings (SSSR count). The molecule has 0 spiro atoms. The van der Waals surface area contributed by atoms with Gasteiger partial charge in [0.15, 0.2) is 0 Å². The number of benzene rings is 1. The first-order valence-corrected chi connectivity index (χ1v) is 5.07. The van der Waals surface area contributed by atoms with Gasteiger partial charge in [0.2, 0.25) is 5.91 Å². The molecular formula is C10H12N2O2S. The van der Waals surface area contributed by atoms with Crippen molar-refractivity contribution in [2.75, 3.05) is 5.75 Å². The van der Waals surface area contributed by atoms with Crippen molar-refractivity contribution in [3.63, 3.8) is 0 Å². The van der Waals surface area contributed by atoms with Crippen LogP contribution in [-0.4, -0.2) is 23.0 Å². The summed E-state index contributed by atoms with van der Waals surface area (Å²) >= 11 is 3.92. The van der Waals surface area contributed by atoms with Gasteiger partial charge in [-0.15, -0.1) is 0 Å². The highest BCUT2D eigenvalue weighted by atomic mass is 32.1. The van der Waals surface area contributed by atoms with Gasteiger partial charge in [-0.2, -0.15) is 17.7 Å². The Labute approximate surface area is 93.4 Å². The lowest BCUT2D eigenvalue weighted by atomic mass is 10.2. The third kappa shape index (κ3) is 4.51. The number of carbonyl (C=O) groups excluding carboxylic acids is 1. The molecule has 1 aromatic carbocycles. The fraction of sp³-hybridized carbons (Fsp3) is 0.200. The molecule has 0 aromatic heterocycles. The van der Waals surface area contributed by atoms with Crippen LogP contribution in [0.25, 0.3) is 0 Å². The minimum absolute atomic E-state index is 0.167. The average Bonchev–Trinajstić information content (AvgIpc) is 2.21. The summed E-state index contributed by atoms with van der Waals surface area (Å²) in [6.45, 7) is 0. The molecule has 0 aliphatic carbocycles. The van der Waals surface area contributed by atoms with Gasteiger partial charge in [-0.05, 0) is 35.6 Å². The maximum Gasteiger partial charge on any atom is 0.240 e. The van der Waals surface area contributed by atoms with Crippen molar-refractivity contribution in [2.45, 2.75) is 6.42 Å². The zero-order valence-corrected chi connectivity index (χ0v) is 8.95. The number of nitrogens with one attached hydrogen (secondary N) is 1. The van der Waals surface area contributed by atoms with Gasteiger partial charge in [-0.3, -0.25) is 4.79 Å². The van der Waals surface area contributed by atoms with Crippen LogP contribution in [0.15, 0.2) is 29.4 Å². The molecule has 0 saturated heterocycles. The molecule has 0 aliphatic rings. The van der Waals surface area contributed by atoms with Crippen molar-refractivity contribution >= 4 is 24.8 Å².